The summed E-state index contributed by atoms with van der Waals surface area (Å²) in [7, 11) is -3.41. The summed E-state index contributed by atoms with van der Waals surface area (Å²) in [5.74, 6) is 0.801. The first-order valence-electron chi connectivity index (χ1n) is 9.44. The molecule has 29 heavy (non-hydrogen) atoms. The van der Waals surface area contributed by atoms with Crippen molar-refractivity contribution in [3.63, 3.8) is 0 Å². The number of benzene rings is 3. The average molecular weight is 404 g/mol. The maximum Gasteiger partial charge on any atom is 0.178 e. The number of nitrogens with zero attached hydrogens (tertiary/aromatic N) is 1. The predicted octanol–water partition coefficient (Wildman–Crippen LogP) is 4.83. The Hall–Kier alpha value is -3.18. The van der Waals surface area contributed by atoms with Crippen molar-refractivity contribution in [1.29, 1.82) is 0 Å². The second-order valence-electron chi connectivity index (χ2n) is 6.81. The summed E-state index contributed by atoms with van der Waals surface area (Å²) in [6, 6.07) is 26.1. The lowest BCUT2D eigenvalue weighted by Gasteiger charge is -2.10. The van der Waals surface area contributed by atoms with E-state index in [2.05, 4.69) is 4.98 Å². The molecule has 0 spiro atoms. The molecule has 4 nitrogen and oxygen atoms in total. The van der Waals surface area contributed by atoms with Gasteiger partial charge in [0.05, 0.1) is 16.2 Å². The fourth-order valence-corrected chi connectivity index (χ4v) is 4.59. The maximum absolute atomic E-state index is 12.9. The van der Waals surface area contributed by atoms with Crippen LogP contribution in [-0.2, 0) is 22.9 Å². The number of para-hydroxylation sites is 2. The van der Waals surface area contributed by atoms with Crippen LogP contribution in [0, 0.1) is 0 Å². The van der Waals surface area contributed by atoms with Gasteiger partial charge in [-0.1, -0.05) is 48.5 Å². The molecule has 1 aromatic heterocycles. The fraction of sp³-hybridized carbons (Fsp3) is 0.125. The normalized spacial score (nSPS) is 11.4. The summed E-state index contributed by atoms with van der Waals surface area (Å²) >= 11 is 0. The lowest BCUT2D eigenvalue weighted by atomic mass is 10.1. The van der Waals surface area contributed by atoms with Crippen molar-refractivity contribution in [2.24, 2.45) is 0 Å². The Balaban J connectivity index is 1.48. The number of pyridine rings is 1. The number of hydrogen-bond acceptors (Lipinski definition) is 4. The van der Waals surface area contributed by atoms with Crippen molar-refractivity contribution in [3.05, 3.63) is 102 Å². The molecule has 0 atom stereocenters. The molecule has 0 unspecified atom stereocenters. The van der Waals surface area contributed by atoms with Crippen LogP contribution in [0.3, 0.4) is 0 Å². The van der Waals surface area contributed by atoms with Crippen LogP contribution in [0.5, 0.6) is 5.75 Å². The highest BCUT2D eigenvalue weighted by Gasteiger charge is 2.16. The molecule has 0 saturated heterocycles. The van der Waals surface area contributed by atoms with E-state index in [4.69, 9.17) is 4.74 Å². The highest BCUT2D eigenvalue weighted by Crippen LogP contribution is 2.20. The molecule has 0 bridgehead atoms. The quantitative estimate of drug-likeness (QED) is 0.443. The van der Waals surface area contributed by atoms with Crippen molar-refractivity contribution in [2.75, 3.05) is 5.75 Å². The van der Waals surface area contributed by atoms with E-state index in [9.17, 15) is 8.42 Å². The smallest absolute Gasteiger partial charge is 0.178 e. The highest BCUT2D eigenvalue weighted by molar-refractivity contribution is 7.91. The largest absolute Gasteiger partial charge is 0.489 e. The molecule has 1 heterocycles. The van der Waals surface area contributed by atoms with Crippen LogP contribution in [-0.4, -0.2) is 19.2 Å². The van der Waals surface area contributed by atoms with Gasteiger partial charge in [0.2, 0.25) is 0 Å². The van der Waals surface area contributed by atoms with Crippen LogP contribution in [0.1, 0.15) is 11.1 Å². The Morgan fingerprint density at radius 3 is 2.48 bits per heavy atom. The SMILES string of the molecule is O=S(=O)(CCc1ccnc2ccccc12)c1cccc(COc2ccccc2)c1. The molecule has 5 heteroatoms. The molecule has 0 N–H and O–H groups in total. The van der Waals surface area contributed by atoms with Gasteiger partial charge in [0.1, 0.15) is 12.4 Å². The molecule has 0 aliphatic carbocycles. The van der Waals surface area contributed by atoms with Gasteiger partial charge in [-0.05, 0) is 53.9 Å². The minimum absolute atomic E-state index is 0.0456. The van der Waals surface area contributed by atoms with Crippen LogP contribution >= 0.6 is 0 Å². The van der Waals surface area contributed by atoms with Crippen LogP contribution in [0.15, 0.2) is 96.0 Å². The molecule has 0 fully saturated rings. The first-order chi connectivity index (χ1) is 14.1. The Morgan fingerprint density at radius 1 is 0.828 bits per heavy atom. The van der Waals surface area contributed by atoms with Gasteiger partial charge in [-0.2, -0.15) is 0 Å². The summed E-state index contributed by atoms with van der Waals surface area (Å²) < 4.78 is 31.6. The Kier molecular flexibility index (Phi) is 5.58. The van der Waals surface area contributed by atoms with E-state index in [1.165, 1.54) is 0 Å². The number of aryl methyl sites for hydroxylation is 1. The topological polar surface area (TPSA) is 56.3 Å². The fourth-order valence-electron chi connectivity index (χ4n) is 3.25. The van der Waals surface area contributed by atoms with Gasteiger partial charge in [0.15, 0.2) is 9.84 Å². The summed E-state index contributed by atoms with van der Waals surface area (Å²) in [6.07, 6.45) is 2.17. The zero-order chi connectivity index (χ0) is 20.1. The zero-order valence-corrected chi connectivity index (χ0v) is 16.7. The summed E-state index contributed by atoms with van der Waals surface area (Å²) in [6.45, 7) is 0.322. The summed E-state index contributed by atoms with van der Waals surface area (Å²) in [4.78, 5) is 4.66. The van der Waals surface area contributed by atoms with E-state index in [0.717, 1.165) is 27.8 Å². The number of fused-ring (bicyclic) bond motifs is 1. The van der Waals surface area contributed by atoms with E-state index in [1.807, 2.05) is 66.7 Å². The monoisotopic (exact) mass is 403 g/mol. The van der Waals surface area contributed by atoms with E-state index in [0.29, 0.717) is 17.9 Å². The second kappa shape index (κ2) is 8.45. The molecule has 4 aromatic rings. The number of aromatic nitrogens is 1. The van der Waals surface area contributed by atoms with Gasteiger partial charge in [-0.25, -0.2) is 8.42 Å². The van der Waals surface area contributed by atoms with Gasteiger partial charge < -0.3 is 4.74 Å². The number of sulfone groups is 1. The van der Waals surface area contributed by atoms with E-state index >= 15 is 0 Å². The lowest BCUT2D eigenvalue weighted by molar-refractivity contribution is 0.306. The summed E-state index contributed by atoms with van der Waals surface area (Å²) in [5, 5.41) is 0.996. The average Bonchev–Trinajstić information content (AvgIpc) is 2.77. The van der Waals surface area contributed by atoms with Gasteiger partial charge in [-0.15, -0.1) is 0 Å². The molecule has 0 aliphatic heterocycles. The van der Waals surface area contributed by atoms with Crippen molar-refractivity contribution in [3.8, 4) is 5.75 Å². The molecule has 3 aromatic carbocycles. The van der Waals surface area contributed by atoms with Gasteiger partial charge in [-0.3, -0.25) is 4.98 Å². The lowest BCUT2D eigenvalue weighted by Crippen LogP contribution is -2.10. The molecule has 0 radical (unpaired) electrons. The van der Waals surface area contributed by atoms with E-state index < -0.39 is 9.84 Å². The third-order valence-electron chi connectivity index (χ3n) is 4.79. The van der Waals surface area contributed by atoms with Gasteiger partial charge in [0.25, 0.3) is 0 Å². The van der Waals surface area contributed by atoms with Crippen LogP contribution in [0.2, 0.25) is 0 Å². The van der Waals surface area contributed by atoms with E-state index in [1.54, 1.807) is 24.4 Å². The minimum Gasteiger partial charge on any atom is -0.489 e. The minimum atomic E-state index is -3.41. The molecule has 146 valence electrons. The van der Waals surface area contributed by atoms with E-state index in [-0.39, 0.29) is 5.75 Å². The number of hydrogen-bond donors (Lipinski definition) is 0. The van der Waals surface area contributed by atoms with Crippen LogP contribution < -0.4 is 4.74 Å². The Morgan fingerprint density at radius 2 is 1.62 bits per heavy atom. The third kappa shape index (κ3) is 4.63. The predicted molar refractivity (Wildman–Crippen MR) is 115 cm³/mol. The molecular weight excluding hydrogens is 382 g/mol. The van der Waals surface area contributed by atoms with Crippen LogP contribution in [0.4, 0.5) is 0 Å². The third-order valence-corrected chi connectivity index (χ3v) is 6.50. The van der Waals surface area contributed by atoms with Crippen LogP contribution in [0.25, 0.3) is 10.9 Å². The van der Waals surface area contributed by atoms with Crippen molar-refractivity contribution in [2.45, 2.75) is 17.9 Å². The van der Waals surface area contributed by atoms with Crippen molar-refractivity contribution in [1.82, 2.24) is 4.98 Å². The summed E-state index contributed by atoms with van der Waals surface area (Å²) in [5.41, 5.74) is 2.69. The molecule has 4 rings (SSSR count). The van der Waals surface area contributed by atoms with Crippen molar-refractivity contribution < 1.29 is 13.2 Å². The Bertz CT molecular complexity index is 1220. The molecule has 0 saturated carbocycles. The Labute approximate surface area is 170 Å². The zero-order valence-electron chi connectivity index (χ0n) is 15.9. The van der Waals surface area contributed by atoms with Gasteiger partial charge in [0, 0.05) is 11.6 Å². The number of ether oxygens (including phenoxy) is 1. The highest BCUT2D eigenvalue weighted by atomic mass is 32.2. The molecule has 0 aliphatic rings. The van der Waals surface area contributed by atoms with Crippen molar-refractivity contribution >= 4 is 20.7 Å². The number of rotatable bonds is 7. The molecule has 0 amide bonds. The van der Waals surface area contributed by atoms with Gasteiger partial charge >= 0.3 is 0 Å². The standard InChI is InChI=1S/C24H21NO3S/c26-29(27,16-14-20-13-15-25-24-12-5-4-11-23(20)24)22-10-6-7-19(17-22)18-28-21-8-2-1-3-9-21/h1-13,15,17H,14,16,18H2. The molecular formula is C24H21NO3S. The first kappa shape index (κ1) is 19.2. The second-order valence-corrected chi connectivity index (χ2v) is 8.91. The maximum atomic E-state index is 12.9. The first-order valence-corrected chi connectivity index (χ1v) is 11.1.